The molecule has 4 amide bonds. The summed E-state index contributed by atoms with van der Waals surface area (Å²) in [4.78, 5) is 49.1. The summed E-state index contributed by atoms with van der Waals surface area (Å²) < 4.78 is 11.6. The lowest BCUT2D eigenvalue weighted by molar-refractivity contribution is -0.137. The number of phenolic OH excluding ortho intramolecular Hbond substituents is 1. The Balaban J connectivity index is 1.46. The van der Waals surface area contributed by atoms with Crippen LogP contribution >= 0.6 is 31.9 Å². The Morgan fingerprint density at radius 1 is 0.940 bits per heavy atom. The van der Waals surface area contributed by atoms with Crippen LogP contribution in [0.4, 0.5) is 10.5 Å². The summed E-state index contributed by atoms with van der Waals surface area (Å²) in [5.74, 6) is 0.673. The van der Waals surface area contributed by atoms with Gasteiger partial charge >= 0.3 is 6.03 Å². The lowest BCUT2D eigenvalue weighted by Gasteiger charge is -2.37. The second-order valence-electron chi connectivity index (χ2n) is 11.9. The third kappa shape index (κ3) is 11.0. The quantitative estimate of drug-likeness (QED) is 0.135. The average Bonchev–Trinajstić information content (AvgIpc) is 3.13. The highest BCUT2D eigenvalue weighted by Crippen LogP contribution is 2.33. The molecule has 1 saturated heterocycles. The van der Waals surface area contributed by atoms with E-state index < -0.39 is 24.0 Å². The lowest BCUT2D eigenvalue weighted by Crippen LogP contribution is -2.58. The zero-order chi connectivity index (χ0) is 36.0. The minimum Gasteiger partial charge on any atom is -0.506 e. The second kappa shape index (κ2) is 19.3. The molecule has 0 saturated carbocycles. The van der Waals surface area contributed by atoms with E-state index in [1.165, 1.54) is 0 Å². The number of ether oxygens (including phenoxy) is 2. The molecule has 2 heterocycles. The van der Waals surface area contributed by atoms with Crippen LogP contribution in [0, 0.1) is 0 Å². The van der Waals surface area contributed by atoms with Gasteiger partial charge in [-0.1, -0.05) is 0 Å². The van der Waals surface area contributed by atoms with Gasteiger partial charge in [-0.3, -0.25) is 14.6 Å². The van der Waals surface area contributed by atoms with Crippen molar-refractivity contribution in [2.45, 2.75) is 44.2 Å². The zero-order valence-corrected chi connectivity index (χ0v) is 31.5. The van der Waals surface area contributed by atoms with Crippen LogP contribution in [0.2, 0.25) is 0 Å². The monoisotopic (exact) mass is 817 g/mol. The number of benzene rings is 2. The van der Waals surface area contributed by atoms with Crippen molar-refractivity contribution < 1.29 is 29.0 Å². The van der Waals surface area contributed by atoms with Gasteiger partial charge in [0.2, 0.25) is 11.8 Å². The summed E-state index contributed by atoms with van der Waals surface area (Å²) in [5, 5.41) is 18.8. The van der Waals surface area contributed by atoms with Crippen molar-refractivity contribution in [3.8, 4) is 17.2 Å². The molecule has 6 N–H and O–H groups in total. The topological polar surface area (TPSA) is 171 Å². The third-order valence-electron chi connectivity index (χ3n) is 8.49. The minimum absolute atomic E-state index is 0.0167. The third-order valence-corrected chi connectivity index (χ3v) is 9.70. The van der Waals surface area contributed by atoms with Gasteiger partial charge in [0.15, 0.2) is 0 Å². The van der Waals surface area contributed by atoms with Gasteiger partial charge in [-0.15, -0.1) is 0 Å². The van der Waals surface area contributed by atoms with Gasteiger partial charge in [0.05, 0.1) is 23.2 Å². The molecule has 13 nitrogen and oxygen atoms in total. The summed E-state index contributed by atoms with van der Waals surface area (Å²) >= 11 is 6.69. The summed E-state index contributed by atoms with van der Waals surface area (Å²) in [7, 11) is 3.15. The molecule has 4 rings (SSSR count). The number of rotatable bonds is 16. The van der Waals surface area contributed by atoms with E-state index in [0.717, 1.165) is 11.3 Å². The Bertz CT molecular complexity index is 1570. The molecule has 1 fully saturated rings. The van der Waals surface area contributed by atoms with Gasteiger partial charge in [0, 0.05) is 57.2 Å². The van der Waals surface area contributed by atoms with Gasteiger partial charge in [0.25, 0.3) is 0 Å². The summed E-state index contributed by atoms with van der Waals surface area (Å²) in [6, 6.07) is 10.3. The number of nitrogens with zero attached hydrogens (tertiary/aromatic N) is 3. The van der Waals surface area contributed by atoms with Crippen LogP contribution in [0.3, 0.4) is 0 Å². The van der Waals surface area contributed by atoms with Crippen molar-refractivity contribution in [3.63, 3.8) is 0 Å². The first-order chi connectivity index (χ1) is 24.1. The smallest absolute Gasteiger partial charge is 0.315 e. The molecule has 3 aromatic rings. The van der Waals surface area contributed by atoms with E-state index in [0.29, 0.717) is 84.4 Å². The Kier molecular flexibility index (Phi) is 15.0. The molecule has 0 aliphatic carbocycles. The number of amides is 4. The Hall–Kier alpha value is -4.08. The van der Waals surface area contributed by atoms with E-state index in [4.69, 9.17) is 15.2 Å². The van der Waals surface area contributed by atoms with Gasteiger partial charge in [0.1, 0.15) is 29.3 Å². The summed E-state index contributed by atoms with van der Waals surface area (Å²) in [6.45, 7) is 3.03. The number of carbonyl (C=O) groups is 3. The molecule has 15 heteroatoms. The zero-order valence-electron chi connectivity index (χ0n) is 28.3. The molecule has 1 aromatic heterocycles. The highest BCUT2D eigenvalue weighted by Gasteiger charge is 2.31. The maximum Gasteiger partial charge on any atom is 0.315 e. The Labute approximate surface area is 309 Å². The number of piperazine rings is 1. The molecule has 1 aliphatic heterocycles. The minimum atomic E-state index is -1.04. The van der Waals surface area contributed by atoms with Crippen LogP contribution in [-0.2, 0) is 22.4 Å². The summed E-state index contributed by atoms with van der Waals surface area (Å²) in [6.07, 6.45) is 5.79. The maximum atomic E-state index is 14.0. The van der Waals surface area contributed by atoms with Crippen LogP contribution in [0.5, 0.6) is 17.2 Å². The van der Waals surface area contributed by atoms with Crippen molar-refractivity contribution in [3.05, 3.63) is 74.9 Å². The van der Waals surface area contributed by atoms with Crippen molar-refractivity contribution in [1.29, 1.82) is 0 Å². The molecule has 0 bridgehead atoms. The number of hydrogen-bond acceptors (Lipinski definition) is 9. The number of anilines is 1. The number of unbranched alkanes of at least 4 members (excludes halogenated alkanes) is 1. The SMILES string of the molecule is COc1ccc(OC)c(CCNC(=O)NC(Cc2cc(Br)c(O)c(Br)c2)C(=O)N[C@@H](CCCCN)C(=O)N2CCN(c3ccncc3)CC2)c1. The van der Waals surface area contributed by atoms with Crippen molar-refractivity contribution >= 4 is 55.4 Å². The second-order valence-corrected chi connectivity index (χ2v) is 13.6. The number of methoxy groups -OCH3 is 2. The molecule has 1 aliphatic rings. The van der Waals surface area contributed by atoms with Crippen molar-refractivity contribution in [2.24, 2.45) is 5.73 Å². The first-order valence-corrected chi connectivity index (χ1v) is 18.1. The fourth-order valence-electron chi connectivity index (χ4n) is 5.76. The van der Waals surface area contributed by atoms with Crippen molar-refractivity contribution in [2.75, 3.05) is 58.4 Å². The van der Waals surface area contributed by atoms with Crippen LogP contribution < -0.4 is 36.1 Å². The van der Waals surface area contributed by atoms with Crippen LogP contribution in [0.1, 0.15) is 30.4 Å². The number of halogens is 2. The number of phenols is 1. The molecule has 270 valence electrons. The summed E-state index contributed by atoms with van der Waals surface area (Å²) in [5.41, 5.74) is 8.31. The number of carbonyl (C=O) groups excluding carboxylic acids is 3. The van der Waals surface area contributed by atoms with Crippen molar-refractivity contribution in [1.82, 2.24) is 25.8 Å². The van der Waals surface area contributed by atoms with E-state index in [2.05, 4.69) is 57.7 Å². The standard InChI is InChI=1S/C35H45Br2N7O6/c1-49-26-6-7-31(50-2)24(22-26)8-14-40-35(48)42-30(21-23-19-27(36)32(45)28(37)20-23)33(46)41-29(5-3-4-11-38)34(47)44-17-15-43(16-18-44)25-9-12-39-13-10-25/h6-7,9-10,12-13,19-20,22,29-30,45H,3-5,8,11,14-18,21,38H2,1-2H3,(H,41,46)(H2,40,42,48)/t29-,30?/m0/s1. The first kappa shape index (κ1) is 38.7. The molecule has 0 radical (unpaired) electrons. The number of aromatic nitrogens is 1. The number of urea groups is 1. The maximum absolute atomic E-state index is 14.0. The largest absolute Gasteiger partial charge is 0.506 e. The predicted octanol–water partition coefficient (Wildman–Crippen LogP) is 3.75. The molecular formula is C35H45Br2N7O6. The number of aromatic hydroxyl groups is 1. The van der Waals surface area contributed by atoms with E-state index >= 15 is 0 Å². The van der Waals surface area contributed by atoms with Crippen LogP contribution in [0.25, 0.3) is 0 Å². The fraction of sp³-hybridized carbons (Fsp3) is 0.429. The molecule has 2 aromatic carbocycles. The normalized spacial score (nSPS) is 14.0. The predicted molar refractivity (Wildman–Crippen MR) is 199 cm³/mol. The molecule has 50 heavy (non-hydrogen) atoms. The molecule has 1 unspecified atom stereocenters. The highest BCUT2D eigenvalue weighted by molar-refractivity contribution is 9.11. The van der Waals surface area contributed by atoms with E-state index in [9.17, 15) is 19.5 Å². The Morgan fingerprint density at radius 2 is 1.64 bits per heavy atom. The average molecular weight is 820 g/mol. The number of hydrogen-bond donors (Lipinski definition) is 5. The number of pyridine rings is 1. The van der Waals surface area contributed by atoms with Crippen LogP contribution in [0.15, 0.2) is 63.8 Å². The highest BCUT2D eigenvalue weighted by atomic mass is 79.9. The van der Waals surface area contributed by atoms with E-state index in [-0.39, 0.29) is 24.6 Å². The van der Waals surface area contributed by atoms with Gasteiger partial charge in [-0.25, -0.2) is 4.79 Å². The van der Waals surface area contributed by atoms with Gasteiger partial charge < -0.3 is 46.1 Å². The number of nitrogens with one attached hydrogen (secondary N) is 3. The lowest BCUT2D eigenvalue weighted by atomic mass is 10.0. The van der Waals surface area contributed by atoms with E-state index in [1.807, 2.05) is 18.2 Å². The van der Waals surface area contributed by atoms with Crippen LogP contribution in [-0.4, -0.2) is 98.4 Å². The van der Waals surface area contributed by atoms with Gasteiger partial charge in [-0.05, 0) is 118 Å². The number of nitrogens with two attached hydrogens (primary N) is 1. The molecule has 0 spiro atoms. The Morgan fingerprint density at radius 3 is 2.28 bits per heavy atom. The van der Waals surface area contributed by atoms with E-state index in [1.54, 1.807) is 55.8 Å². The molecular weight excluding hydrogens is 774 g/mol. The first-order valence-electron chi connectivity index (χ1n) is 16.5. The molecule has 2 atom stereocenters. The van der Waals surface area contributed by atoms with Gasteiger partial charge in [-0.2, -0.15) is 0 Å². The fourth-order valence-corrected chi connectivity index (χ4v) is 7.04.